The van der Waals surface area contributed by atoms with Crippen LogP contribution in [-0.2, 0) is 0 Å². The van der Waals surface area contributed by atoms with Gasteiger partial charge in [-0.05, 0) is 23.3 Å². The van der Waals surface area contributed by atoms with E-state index < -0.39 is 0 Å². The van der Waals surface area contributed by atoms with E-state index in [2.05, 4.69) is 0 Å². The Hall–Kier alpha value is -2.74. The zero-order valence-electron chi connectivity index (χ0n) is 11.8. The summed E-state index contributed by atoms with van der Waals surface area (Å²) < 4.78 is 5.63. The normalized spacial score (nSPS) is 10.3. The van der Waals surface area contributed by atoms with Gasteiger partial charge in [0.05, 0.1) is 7.11 Å². The van der Waals surface area contributed by atoms with Crippen molar-refractivity contribution in [2.45, 2.75) is 0 Å². The third-order valence-corrected chi connectivity index (χ3v) is 3.45. The van der Waals surface area contributed by atoms with Crippen LogP contribution >= 0.6 is 0 Å². The maximum absolute atomic E-state index is 10.1. The van der Waals surface area contributed by atoms with Crippen molar-refractivity contribution >= 4 is 0 Å². The molecule has 3 rings (SSSR count). The molecular weight excluding hydrogens is 260 g/mol. The second-order valence-electron chi connectivity index (χ2n) is 4.81. The van der Waals surface area contributed by atoms with Crippen LogP contribution in [0.4, 0.5) is 0 Å². The Bertz CT molecular complexity index is 674. The molecule has 0 radical (unpaired) electrons. The average Bonchev–Trinajstić information content (AvgIpc) is 2.55. The fraction of sp³-hybridized carbons (Fsp3) is 0.0526. The van der Waals surface area contributed by atoms with E-state index in [1.165, 1.54) is 0 Å². The third kappa shape index (κ3) is 2.61. The van der Waals surface area contributed by atoms with Crippen molar-refractivity contribution in [2.24, 2.45) is 0 Å². The Morgan fingerprint density at radius 2 is 1.14 bits per heavy atom. The molecule has 0 aromatic heterocycles. The van der Waals surface area contributed by atoms with Gasteiger partial charge in [0.2, 0.25) is 0 Å². The molecule has 3 aromatic carbocycles. The van der Waals surface area contributed by atoms with Crippen molar-refractivity contribution in [1.82, 2.24) is 0 Å². The fourth-order valence-electron chi connectivity index (χ4n) is 2.50. The van der Waals surface area contributed by atoms with Gasteiger partial charge in [-0.15, -0.1) is 0 Å². The van der Waals surface area contributed by atoms with E-state index in [0.29, 0.717) is 0 Å². The van der Waals surface area contributed by atoms with E-state index in [9.17, 15) is 5.11 Å². The van der Waals surface area contributed by atoms with Crippen molar-refractivity contribution in [3.8, 4) is 33.8 Å². The van der Waals surface area contributed by atoms with E-state index in [1.54, 1.807) is 19.2 Å². The molecule has 3 aromatic rings. The standard InChI is InChI=1S/C19H16O2/c1-21-19-17(14-8-4-2-5-9-14)12-16(20)13-18(19)15-10-6-3-7-11-15/h2-13,20H,1H3. The van der Waals surface area contributed by atoms with E-state index in [-0.39, 0.29) is 5.75 Å². The maximum Gasteiger partial charge on any atom is 0.134 e. The lowest BCUT2D eigenvalue weighted by molar-refractivity contribution is 0.416. The van der Waals surface area contributed by atoms with Crippen LogP contribution < -0.4 is 4.74 Å². The molecule has 0 aliphatic carbocycles. The molecular formula is C19H16O2. The van der Waals surface area contributed by atoms with E-state index in [4.69, 9.17) is 4.74 Å². The second-order valence-corrected chi connectivity index (χ2v) is 4.81. The summed E-state index contributed by atoms with van der Waals surface area (Å²) in [5.74, 6) is 0.999. The van der Waals surface area contributed by atoms with Gasteiger partial charge in [-0.1, -0.05) is 60.7 Å². The molecule has 0 atom stereocenters. The minimum atomic E-state index is 0.230. The Morgan fingerprint density at radius 1 is 0.714 bits per heavy atom. The molecule has 0 fully saturated rings. The third-order valence-electron chi connectivity index (χ3n) is 3.45. The van der Waals surface area contributed by atoms with Crippen molar-refractivity contribution in [3.63, 3.8) is 0 Å². The van der Waals surface area contributed by atoms with E-state index in [0.717, 1.165) is 28.0 Å². The van der Waals surface area contributed by atoms with Gasteiger partial charge in [0, 0.05) is 11.1 Å². The number of benzene rings is 3. The van der Waals surface area contributed by atoms with Gasteiger partial charge in [0.1, 0.15) is 11.5 Å². The van der Waals surface area contributed by atoms with Crippen LogP contribution in [0.15, 0.2) is 72.8 Å². The minimum absolute atomic E-state index is 0.230. The summed E-state index contributed by atoms with van der Waals surface area (Å²) in [5, 5.41) is 10.1. The molecule has 0 saturated carbocycles. The van der Waals surface area contributed by atoms with Gasteiger partial charge in [-0.2, -0.15) is 0 Å². The fourth-order valence-corrected chi connectivity index (χ4v) is 2.50. The number of hydrogen-bond donors (Lipinski definition) is 1. The highest BCUT2D eigenvalue weighted by atomic mass is 16.5. The van der Waals surface area contributed by atoms with Gasteiger partial charge in [-0.25, -0.2) is 0 Å². The number of ether oxygens (including phenoxy) is 1. The number of rotatable bonds is 3. The summed E-state index contributed by atoms with van der Waals surface area (Å²) in [4.78, 5) is 0. The van der Waals surface area contributed by atoms with Gasteiger partial charge >= 0.3 is 0 Å². The molecule has 0 heterocycles. The van der Waals surface area contributed by atoms with Crippen LogP contribution in [-0.4, -0.2) is 12.2 Å². The molecule has 1 N–H and O–H groups in total. The quantitative estimate of drug-likeness (QED) is 0.749. The topological polar surface area (TPSA) is 29.5 Å². The summed E-state index contributed by atoms with van der Waals surface area (Å²) in [6.45, 7) is 0. The predicted octanol–water partition coefficient (Wildman–Crippen LogP) is 4.73. The molecule has 0 unspecified atom stereocenters. The number of phenols is 1. The van der Waals surface area contributed by atoms with Gasteiger partial charge in [-0.3, -0.25) is 0 Å². The highest BCUT2D eigenvalue weighted by Crippen LogP contribution is 2.41. The van der Waals surface area contributed by atoms with Crippen LogP contribution in [0, 0.1) is 0 Å². The predicted molar refractivity (Wildman–Crippen MR) is 85.5 cm³/mol. The Kier molecular flexibility index (Phi) is 3.61. The number of aromatic hydroxyl groups is 1. The lowest BCUT2D eigenvalue weighted by atomic mass is 9.97. The van der Waals surface area contributed by atoms with Crippen LogP contribution in [0.25, 0.3) is 22.3 Å². The lowest BCUT2D eigenvalue weighted by Crippen LogP contribution is -1.92. The van der Waals surface area contributed by atoms with Crippen LogP contribution in [0.1, 0.15) is 0 Å². The molecule has 2 nitrogen and oxygen atoms in total. The molecule has 0 spiro atoms. The molecule has 0 saturated heterocycles. The highest BCUT2D eigenvalue weighted by molar-refractivity contribution is 5.84. The van der Waals surface area contributed by atoms with Crippen LogP contribution in [0.3, 0.4) is 0 Å². The van der Waals surface area contributed by atoms with Gasteiger partial charge in [0.25, 0.3) is 0 Å². The molecule has 0 amide bonds. The summed E-state index contributed by atoms with van der Waals surface area (Å²) in [5.41, 5.74) is 3.80. The maximum atomic E-state index is 10.1. The van der Waals surface area contributed by atoms with Crippen LogP contribution in [0.5, 0.6) is 11.5 Å². The van der Waals surface area contributed by atoms with Crippen molar-refractivity contribution in [3.05, 3.63) is 72.8 Å². The monoisotopic (exact) mass is 276 g/mol. The minimum Gasteiger partial charge on any atom is -0.508 e. The Balaban J connectivity index is 2.25. The first-order valence-electron chi connectivity index (χ1n) is 6.81. The number of methoxy groups -OCH3 is 1. The van der Waals surface area contributed by atoms with Crippen molar-refractivity contribution in [1.29, 1.82) is 0 Å². The number of hydrogen-bond acceptors (Lipinski definition) is 2. The summed E-state index contributed by atoms with van der Waals surface area (Å²) in [7, 11) is 1.66. The van der Waals surface area contributed by atoms with E-state index >= 15 is 0 Å². The highest BCUT2D eigenvalue weighted by Gasteiger charge is 2.14. The number of phenolic OH excluding ortho intramolecular Hbond substituents is 1. The first-order chi connectivity index (χ1) is 10.3. The summed E-state index contributed by atoms with van der Waals surface area (Å²) in [6.07, 6.45) is 0. The molecule has 21 heavy (non-hydrogen) atoms. The largest absolute Gasteiger partial charge is 0.508 e. The molecule has 0 aliphatic heterocycles. The zero-order valence-corrected chi connectivity index (χ0v) is 11.8. The Labute approximate surface area is 124 Å². The first-order valence-corrected chi connectivity index (χ1v) is 6.81. The van der Waals surface area contributed by atoms with Crippen LogP contribution in [0.2, 0.25) is 0 Å². The smallest absolute Gasteiger partial charge is 0.134 e. The summed E-state index contributed by atoms with van der Waals surface area (Å²) >= 11 is 0. The lowest BCUT2D eigenvalue weighted by Gasteiger charge is -2.15. The zero-order chi connectivity index (χ0) is 14.7. The Morgan fingerprint density at radius 3 is 1.52 bits per heavy atom. The van der Waals surface area contributed by atoms with Gasteiger partial charge < -0.3 is 9.84 Å². The second kappa shape index (κ2) is 5.71. The molecule has 0 bridgehead atoms. The average molecular weight is 276 g/mol. The molecule has 2 heteroatoms. The molecule has 104 valence electrons. The van der Waals surface area contributed by atoms with Gasteiger partial charge in [0.15, 0.2) is 0 Å². The van der Waals surface area contributed by atoms with E-state index in [1.807, 2.05) is 60.7 Å². The van der Waals surface area contributed by atoms with Crippen molar-refractivity contribution < 1.29 is 9.84 Å². The summed E-state index contributed by atoms with van der Waals surface area (Å²) in [6, 6.07) is 23.3. The SMILES string of the molecule is COc1c(-c2ccccc2)cc(O)cc1-c1ccccc1. The molecule has 0 aliphatic rings. The van der Waals surface area contributed by atoms with Crippen molar-refractivity contribution in [2.75, 3.05) is 7.11 Å². The first kappa shape index (κ1) is 13.3.